The van der Waals surface area contributed by atoms with Crippen LogP contribution in [0.2, 0.25) is 0 Å². The van der Waals surface area contributed by atoms with Crippen LogP contribution in [0.4, 0.5) is 5.69 Å². The van der Waals surface area contributed by atoms with Crippen molar-refractivity contribution in [2.45, 2.75) is 77.4 Å². The summed E-state index contributed by atoms with van der Waals surface area (Å²) in [6.45, 7) is 8.81. The second kappa shape index (κ2) is 26.8. The maximum Gasteiger partial charge on any atom is 0.246 e. The second-order valence-corrected chi connectivity index (χ2v) is 17.7. The lowest BCUT2D eigenvalue weighted by Gasteiger charge is -2.36. The SMILES string of the molecule is C#Cc1cccc(NC2(OCCOC)C/C=N/C=N\CC/C=C\2OCCOCC#CC#CCOCC(=O)N[C@H](C(=O)N2C[C@H](O)C[C@H]2C(=O)NCc2ccc(-c3scnc3C)cc2)C(C)(C)C)c1. The molecule has 5 rings (SSSR count). The fraction of sp³-hybridized carbons (Fsp3) is 0.451. The van der Waals surface area contributed by atoms with Crippen LogP contribution in [0, 0.1) is 48.4 Å². The molecule has 3 aromatic rings. The summed E-state index contributed by atoms with van der Waals surface area (Å²) in [6, 6.07) is 13.4. The number of rotatable bonds is 20. The van der Waals surface area contributed by atoms with Crippen LogP contribution in [0.25, 0.3) is 10.4 Å². The summed E-state index contributed by atoms with van der Waals surface area (Å²) in [4.78, 5) is 55.8. The monoisotopic (exact) mass is 947 g/mol. The van der Waals surface area contributed by atoms with Crippen LogP contribution < -0.4 is 16.0 Å². The molecule has 0 bridgehead atoms. The Morgan fingerprint density at radius 3 is 2.54 bits per heavy atom. The highest BCUT2D eigenvalue weighted by Gasteiger charge is 2.44. The molecule has 2 aliphatic heterocycles. The number of aliphatic hydroxyl groups excluding tert-OH is 1. The van der Waals surface area contributed by atoms with Gasteiger partial charge in [0, 0.05) is 57.1 Å². The van der Waals surface area contributed by atoms with Gasteiger partial charge >= 0.3 is 0 Å². The summed E-state index contributed by atoms with van der Waals surface area (Å²) < 4.78 is 29.2. The molecule has 2 aromatic carbocycles. The number of aryl methyl sites for hydroxylation is 1. The zero-order valence-corrected chi connectivity index (χ0v) is 40.2. The van der Waals surface area contributed by atoms with Gasteiger partial charge in [0.05, 0.1) is 42.0 Å². The molecule has 1 unspecified atom stereocenters. The molecule has 2 aliphatic rings. The topological polar surface area (TPSA) is 195 Å². The molecular formula is C51H61N7O9S. The van der Waals surface area contributed by atoms with Crippen LogP contribution in [0.15, 0.2) is 75.9 Å². The molecule has 4 N–H and O–H groups in total. The first-order chi connectivity index (χ1) is 32.8. The lowest BCUT2D eigenvalue weighted by atomic mass is 9.85. The predicted octanol–water partition coefficient (Wildman–Crippen LogP) is 4.51. The van der Waals surface area contributed by atoms with Crippen LogP contribution in [0.1, 0.15) is 56.9 Å². The van der Waals surface area contributed by atoms with Crippen LogP contribution in [0.5, 0.6) is 0 Å². The Labute approximate surface area is 403 Å². The number of methoxy groups -OCH3 is 1. The van der Waals surface area contributed by atoms with E-state index in [1.165, 1.54) is 11.2 Å². The third-order valence-electron chi connectivity index (χ3n) is 10.6. The zero-order chi connectivity index (χ0) is 48.8. The Balaban J connectivity index is 1.06. The molecule has 4 atom stereocenters. The Bertz CT molecular complexity index is 2420. The first-order valence-electron chi connectivity index (χ1n) is 22.3. The number of carbonyl (C=O) groups is 3. The molecule has 0 saturated carbocycles. The van der Waals surface area contributed by atoms with Gasteiger partial charge in [-0.2, -0.15) is 0 Å². The van der Waals surface area contributed by atoms with Crippen molar-refractivity contribution >= 4 is 47.3 Å². The Kier molecular flexibility index (Phi) is 20.8. The molecule has 1 aromatic heterocycles. The van der Waals surface area contributed by atoms with Gasteiger partial charge < -0.3 is 49.6 Å². The smallest absolute Gasteiger partial charge is 0.246 e. The van der Waals surface area contributed by atoms with Crippen molar-refractivity contribution in [2.24, 2.45) is 15.4 Å². The van der Waals surface area contributed by atoms with Gasteiger partial charge in [-0.15, -0.1) is 17.8 Å². The molecule has 17 heteroatoms. The van der Waals surface area contributed by atoms with E-state index in [1.54, 1.807) is 30.2 Å². The Morgan fingerprint density at radius 1 is 1.04 bits per heavy atom. The quantitative estimate of drug-likeness (QED) is 0.0708. The molecular weight excluding hydrogens is 887 g/mol. The number of hydrogen-bond acceptors (Lipinski definition) is 14. The summed E-state index contributed by atoms with van der Waals surface area (Å²) in [5.41, 5.74) is 4.27. The van der Waals surface area contributed by atoms with E-state index >= 15 is 0 Å². The second-order valence-electron chi connectivity index (χ2n) is 16.9. The van der Waals surface area contributed by atoms with Crippen LogP contribution in [0.3, 0.4) is 0 Å². The number of thiazole rings is 1. The average molecular weight is 948 g/mol. The first kappa shape index (κ1) is 52.6. The minimum Gasteiger partial charge on any atom is -0.491 e. The van der Waals surface area contributed by atoms with Gasteiger partial charge in [0.1, 0.15) is 50.6 Å². The largest absolute Gasteiger partial charge is 0.491 e. The van der Waals surface area contributed by atoms with E-state index in [1.807, 2.05) is 82.3 Å². The van der Waals surface area contributed by atoms with E-state index in [2.05, 4.69) is 60.5 Å². The molecule has 3 heterocycles. The van der Waals surface area contributed by atoms with Gasteiger partial charge in [0.15, 0.2) is 0 Å². The van der Waals surface area contributed by atoms with Crippen molar-refractivity contribution in [1.29, 1.82) is 0 Å². The van der Waals surface area contributed by atoms with Crippen molar-refractivity contribution in [1.82, 2.24) is 20.5 Å². The standard InChI is InChI=1S/C51H61N7O9S/c1-7-38-14-12-15-41(30-38)57-51(67-29-26-63-6)21-23-53-35-52-22-13-16-44(51)66-28-27-64-24-10-8-9-11-25-65-34-45(60)56-47(50(3,4)5)49(62)58-33-42(59)31-43(58)48(61)54-32-39-17-19-40(20-18-39)46-37(2)55-36-68-46/h1,12,14-20,23,30,35-36,42-43,47,57,59H,13,21-22,24-29,31-34H2,2-6H3,(H,54,61)(H,56,60)/b44-16+,52-35-,53-23+/t42-,43+,47-,51?/m1/s1. The number of ether oxygens (including phenoxy) is 5. The molecule has 68 heavy (non-hydrogen) atoms. The number of amides is 3. The van der Waals surface area contributed by atoms with Gasteiger partial charge in [-0.1, -0.05) is 68.9 Å². The van der Waals surface area contributed by atoms with E-state index in [4.69, 9.17) is 30.1 Å². The zero-order valence-electron chi connectivity index (χ0n) is 39.3. The number of carbonyl (C=O) groups excluding carboxylic acids is 3. The third-order valence-corrected chi connectivity index (χ3v) is 11.6. The fourth-order valence-corrected chi connectivity index (χ4v) is 8.03. The molecule has 16 nitrogen and oxygen atoms in total. The summed E-state index contributed by atoms with van der Waals surface area (Å²) in [5, 5.41) is 19.7. The van der Waals surface area contributed by atoms with Crippen molar-refractivity contribution in [3.05, 3.63) is 82.7 Å². The maximum absolute atomic E-state index is 14.0. The number of nitrogens with one attached hydrogen (secondary N) is 3. The number of hydrogen-bond donors (Lipinski definition) is 4. The normalized spacial score (nSPS) is 20.1. The van der Waals surface area contributed by atoms with Gasteiger partial charge in [0.2, 0.25) is 23.4 Å². The van der Waals surface area contributed by atoms with Crippen LogP contribution in [-0.2, 0) is 44.6 Å². The van der Waals surface area contributed by atoms with Crippen molar-refractivity contribution < 1.29 is 43.2 Å². The number of anilines is 1. The number of benzene rings is 2. The van der Waals surface area contributed by atoms with Gasteiger partial charge in [0.25, 0.3) is 0 Å². The lowest BCUT2D eigenvalue weighted by molar-refractivity contribution is -0.144. The number of aliphatic imine (C=N–C) groups is 2. The Morgan fingerprint density at radius 2 is 1.82 bits per heavy atom. The molecule has 1 saturated heterocycles. The van der Waals surface area contributed by atoms with Crippen molar-refractivity contribution in [3.63, 3.8) is 0 Å². The number of aliphatic hydroxyl groups is 1. The maximum atomic E-state index is 14.0. The van der Waals surface area contributed by atoms with Crippen LogP contribution in [-0.4, -0.2) is 136 Å². The van der Waals surface area contributed by atoms with Gasteiger partial charge in [-0.3, -0.25) is 19.4 Å². The van der Waals surface area contributed by atoms with E-state index in [9.17, 15) is 19.5 Å². The minimum absolute atomic E-state index is 0.0350. The highest BCUT2D eigenvalue weighted by molar-refractivity contribution is 7.13. The first-order valence-corrected chi connectivity index (χ1v) is 23.2. The summed E-state index contributed by atoms with van der Waals surface area (Å²) >= 11 is 1.57. The number of nitrogens with zero attached hydrogens (tertiary/aromatic N) is 4. The minimum atomic E-state index is -1.14. The molecule has 0 aliphatic carbocycles. The summed E-state index contributed by atoms with van der Waals surface area (Å²) in [5.74, 6) is 12.8. The van der Waals surface area contributed by atoms with Gasteiger partial charge in [-0.25, -0.2) is 9.98 Å². The average Bonchev–Trinajstić information content (AvgIpc) is 3.95. The molecule has 0 spiro atoms. The van der Waals surface area contributed by atoms with E-state index in [0.29, 0.717) is 37.3 Å². The van der Waals surface area contributed by atoms with Crippen LogP contribution >= 0.6 is 11.3 Å². The van der Waals surface area contributed by atoms with Gasteiger partial charge in [-0.05, 0) is 66.0 Å². The van der Waals surface area contributed by atoms with Crippen molar-refractivity contribution in [3.8, 4) is 46.5 Å². The number of likely N-dealkylation sites (tertiary alicyclic amines) is 1. The highest BCUT2D eigenvalue weighted by atomic mass is 32.1. The van der Waals surface area contributed by atoms with Crippen molar-refractivity contribution in [2.75, 3.05) is 71.8 Å². The van der Waals surface area contributed by atoms with E-state index in [-0.39, 0.29) is 65.1 Å². The summed E-state index contributed by atoms with van der Waals surface area (Å²) in [7, 11) is 1.60. The highest BCUT2D eigenvalue weighted by Crippen LogP contribution is 2.31. The fourth-order valence-electron chi connectivity index (χ4n) is 7.21. The molecule has 1 fully saturated rings. The van der Waals surface area contributed by atoms with E-state index in [0.717, 1.165) is 27.4 Å². The van der Waals surface area contributed by atoms with E-state index < -0.39 is 41.1 Å². The number of β-amino-alcohol motifs (C(OH)–C–C–N with tert-alkyl or cyclic N) is 1. The third kappa shape index (κ3) is 16.2. The lowest BCUT2D eigenvalue weighted by Crippen LogP contribution is -2.58. The predicted molar refractivity (Wildman–Crippen MR) is 263 cm³/mol. The summed E-state index contributed by atoms with van der Waals surface area (Å²) in [6.07, 6.45) is 10.9. The number of aromatic nitrogens is 1. The molecule has 3 amide bonds. The molecule has 0 radical (unpaired) electrons. The number of terminal acetylenes is 1. The Hall–Kier alpha value is -6.36. The molecule has 360 valence electrons.